The number of hydrogen-bond acceptors (Lipinski definition) is 4. The van der Waals surface area contributed by atoms with Crippen molar-refractivity contribution in [3.63, 3.8) is 0 Å². The van der Waals surface area contributed by atoms with E-state index >= 15 is 0 Å². The minimum Gasteiger partial charge on any atom is -0.496 e. The number of para-hydroxylation sites is 1. The third-order valence-corrected chi connectivity index (χ3v) is 5.67. The Kier molecular flexibility index (Phi) is 5.82. The second-order valence-electron chi connectivity index (χ2n) is 8.00. The summed E-state index contributed by atoms with van der Waals surface area (Å²) in [4.78, 5) is 30.6. The molecule has 5 nitrogen and oxygen atoms in total. The molecule has 1 aliphatic heterocycles. The van der Waals surface area contributed by atoms with E-state index in [4.69, 9.17) is 4.74 Å². The van der Waals surface area contributed by atoms with Crippen LogP contribution in [0.5, 0.6) is 5.75 Å². The van der Waals surface area contributed by atoms with Gasteiger partial charge in [0.15, 0.2) is 0 Å². The van der Waals surface area contributed by atoms with Crippen molar-refractivity contribution in [1.82, 2.24) is 4.90 Å². The third kappa shape index (κ3) is 3.78. The number of nitrogens with zero attached hydrogens (tertiary/aromatic N) is 2. The molecule has 3 aromatic rings. The minimum atomic E-state index is -0.346. The third-order valence-electron chi connectivity index (χ3n) is 5.67. The Morgan fingerprint density at radius 3 is 2.25 bits per heavy atom. The fourth-order valence-corrected chi connectivity index (χ4v) is 4.18. The second kappa shape index (κ2) is 8.71. The highest BCUT2D eigenvalue weighted by atomic mass is 16.5. The lowest BCUT2D eigenvalue weighted by Crippen LogP contribution is -2.34. The Bertz CT molecular complexity index is 1210. The number of anilines is 1. The van der Waals surface area contributed by atoms with Gasteiger partial charge in [-0.2, -0.15) is 0 Å². The van der Waals surface area contributed by atoms with Gasteiger partial charge < -0.3 is 9.64 Å². The number of rotatable bonds is 6. The number of imide groups is 1. The van der Waals surface area contributed by atoms with Gasteiger partial charge in [0.2, 0.25) is 0 Å². The number of benzene rings is 3. The fourth-order valence-electron chi connectivity index (χ4n) is 4.18. The van der Waals surface area contributed by atoms with Gasteiger partial charge in [0.25, 0.3) is 11.8 Å². The van der Waals surface area contributed by atoms with Gasteiger partial charge in [-0.05, 0) is 37.1 Å². The van der Waals surface area contributed by atoms with Crippen molar-refractivity contribution >= 4 is 23.1 Å². The van der Waals surface area contributed by atoms with Gasteiger partial charge in [0.05, 0.1) is 18.4 Å². The molecule has 0 bridgehead atoms. The van der Waals surface area contributed by atoms with Gasteiger partial charge in [0.1, 0.15) is 11.4 Å². The summed E-state index contributed by atoms with van der Waals surface area (Å²) in [5.41, 5.74) is 4.92. The van der Waals surface area contributed by atoms with Gasteiger partial charge in [-0.15, -0.1) is 0 Å². The number of ether oxygens (including phenoxy) is 1. The molecule has 0 atom stereocenters. The van der Waals surface area contributed by atoms with Crippen molar-refractivity contribution in [1.29, 1.82) is 0 Å². The molecule has 0 saturated carbocycles. The average molecular weight is 427 g/mol. The van der Waals surface area contributed by atoms with E-state index in [1.165, 1.54) is 4.90 Å². The Labute approximate surface area is 188 Å². The quantitative estimate of drug-likeness (QED) is 0.535. The molecule has 162 valence electrons. The topological polar surface area (TPSA) is 49.9 Å². The van der Waals surface area contributed by atoms with Crippen LogP contribution < -0.4 is 9.64 Å². The molecule has 0 aromatic heterocycles. The zero-order valence-corrected chi connectivity index (χ0v) is 18.8. The molecule has 4 rings (SSSR count). The normalized spacial score (nSPS) is 13.7. The first-order chi connectivity index (χ1) is 15.4. The Morgan fingerprint density at radius 2 is 1.56 bits per heavy atom. The monoisotopic (exact) mass is 426 g/mol. The van der Waals surface area contributed by atoms with E-state index in [1.807, 2.05) is 92.5 Å². The highest BCUT2D eigenvalue weighted by Crippen LogP contribution is 2.39. The minimum absolute atomic E-state index is 0.332. The summed E-state index contributed by atoms with van der Waals surface area (Å²) in [6.45, 7) is 4.40. The van der Waals surface area contributed by atoms with Crippen LogP contribution in [0, 0.1) is 13.8 Å². The zero-order valence-electron chi connectivity index (χ0n) is 18.8. The van der Waals surface area contributed by atoms with E-state index < -0.39 is 0 Å². The summed E-state index contributed by atoms with van der Waals surface area (Å²) in [5, 5.41) is 0. The van der Waals surface area contributed by atoms with Crippen LogP contribution in [0.15, 0.2) is 78.5 Å². The fraction of sp³-hybridized carbons (Fsp3) is 0.185. The van der Waals surface area contributed by atoms with Crippen molar-refractivity contribution in [2.75, 3.05) is 19.1 Å². The molecule has 1 heterocycles. The predicted molar refractivity (Wildman–Crippen MR) is 126 cm³/mol. The van der Waals surface area contributed by atoms with Gasteiger partial charge in [-0.1, -0.05) is 66.2 Å². The molecule has 0 saturated heterocycles. The van der Waals surface area contributed by atoms with Crippen LogP contribution in [-0.4, -0.2) is 30.9 Å². The molecule has 0 unspecified atom stereocenters. The van der Waals surface area contributed by atoms with Crippen molar-refractivity contribution in [2.45, 2.75) is 20.4 Å². The summed E-state index contributed by atoms with van der Waals surface area (Å²) < 4.78 is 5.53. The standard InChI is InChI=1S/C27H26N2O3/c1-18-14-15-22(19(2)16-18)29-26(30)24(21-12-8-9-13-23(21)32-4)25(27(29)31)28(3)17-20-10-6-5-7-11-20/h5-16H,17H2,1-4H3. The maximum absolute atomic E-state index is 13.8. The van der Waals surface area contributed by atoms with Gasteiger partial charge in [-0.25, -0.2) is 4.90 Å². The van der Waals surface area contributed by atoms with E-state index in [-0.39, 0.29) is 11.8 Å². The largest absolute Gasteiger partial charge is 0.496 e. The highest BCUT2D eigenvalue weighted by Gasteiger charge is 2.43. The summed E-state index contributed by atoms with van der Waals surface area (Å²) in [6.07, 6.45) is 0. The Hall–Kier alpha value is -3.86. The van der Waals surface area contributed by atoms with Crippen molar-refractivity contribution in [3.05, 3.63) is 101 Å². The molecule has 5 heteroatoms. The van der Waals surface area contributed by atoms with Crippen LogP contribution in [0.4, 0.5) is 5.69 Å². The van der Waals surface area contributed by atoms with E-state index in [9.17, 15) is 9.59 Å². The van der Waals surface area contributed by atoms with E-state index in [0.29, 0.717) is 34.8 Å². The van der Waals surface area contributed by atoms with Crippen LogP contribution in [0.25, 0.3) is 5.57 Å². The first-order valence-electron chi connectivity index (χ1n) is 10.5. The molecule has 0 aliphatic carbocycles. The van der Waals surface area contributed by atoms with Crippen LogP contribution in [0.2, 0.25) is 0 Å². The number of aryl methyl sites for hydroxylation is 2. The average Bonchev–Trinajstić information content (AvgIpc) is 3.04. The number of carbonyl (C=O) groups excluding carboxylic acids is 2. The number of amides is 2. The van der Waals surface area contributed by atoms with Crippen LogP contribution in [0.3, 0.4) is 0 Å². The first kappa shape index (κ1) is 21.4. The smallest absolute Gasteiger partial charge is 0.282 e. The lowest BCUT2D eigenvalue weighted by Gasteiger charge is -2.22. The molecular weight excluding hydrogens is 400 g/mol. The maximum atomic E-state index is 13.8. The summed E-state index contributed by atoms with van der Waals surface area (Å²) >= 11 is 0. The van der Waals surface area contributed by atoms with Gasteiger partial charge in [-0.3, -0.25) is 9.59 Å². The summed E-state index contributed by atoms with van der Waals surface area (Å²) in [7, 11) is 3.41. The lowest BCUT2D eigenvalue weighted by atomic mass is 10.0. The molecular formula is C27H26N2O3. The molecule has 2 amide bonds. The van der Waals surface area contributed by atoms with Crippen LogP contribution >= 0.6 is 0 Å². The van der Waals surface area contributed by atoms with Crippen LogP contribution in [-0.2, 0) is 16.1 Å². The second-order valence-corrected chi connectivity index (χ2v) is 8.00. The number of hydrogen-bond donors (Lipinski definition) is 0. The van der Waals surface area contributed by atoms with E-state index in [2.05, 4.69) is 0 Å². The van der Waals surface area contributed by atoms with Crippen LogP contribution in [0.1, 0.15) is 22.3 Å². The maximum Gasteiger partial charge on any atom is 0.282 e. The van der Waals surface area contributed by atoms with E-state index in [1.54, 1.807) is 13.2 Å². The molecule has 0 fully saturated rings. The molecule has 0 N–H and O–H groups in total. The number of carbonyl (C=O) groups is 2. The Morgan fingerprint density at radius 1 is 0.875 bits per heavy atom. The van der Waals surface area contributed by atoms with Gasteiger partial charge >= 0.3 is 0 Å². The first-order valence-corrected chi connectivity index (χ1v) is 10.5. The SMILES string of the molecule is COc1ccccc1C1=C(N(C)Cc2ccccc2)C(=O)N(c2ccc(C)cc2C)C1=O. The highest BCUT2D eigenvalue weighted by molar-refractivity contribution is 6.45. The molecule has 1 aliphatic rings. The van der Waals surface area contributed by atoms with Gasteiger partial charge in [0, 0.05) is 19.2 Å². The van der Waals surface area contributed by atoms with Crippen molar-refractivity contribution in [2.24, 2.45) is 0 Å². The molecule has 3 aromatic carbocycles. The summed E-state index contributed by atoms with van der Waals surface area (Å²) in [5.74, 6) is -0.126. The van der Waals surface area contributed by atoms with Crippen molar-refractivity contribution < 1.29 is 14.3 Å². The van der Waals surface area contributed by atoms with E-state index in [0.717, 1.165) is 16.7 Å². The number of methoxy groups -OCH3 is 1. The summed E-state index contributed by atoms with van der Waals surface area (Å²) in [6, 6.07) is 22.9. The molecule has 0 radical (unpaired) electrons. The molecule has 0 spiro atoms. The number of likely N-dealkylation sites (N-methyl/N-ethyl adjacent to an activating group) is 1. The molecule has 32 heavy (non-hydrogen) atoms. The lowest BCUT2D eigenvalue weighted by molar-refractivity contribution is -0.120. The zero-order chi connectivity index (χ0) is 22.8. The predicted octanol–water partition coefficient (Wildman–Crippen LogP) is 4.73. The van der Waals surface area contributed by atoms with Crippen molar-refractivity contribution in [3.8, 4) is 5.75 Å². The Balaban J connectivity index is 1.86.